The first-order chi connectivity index (χ1) is 9.00. The van der Waals surface area contributed by atoms with Crippen LogP contribution in [-0.4, -0.2) is 42.0 Å². The van der Waals surface area contributed by atoms with E-state index in [-0.39, 0.29) is 0 Å². The summed E-state index contributed by atoms with van der Waals surface area (Å²) in [6, 6.07) is 1.36. The maximum absolute atomic E-state index is 11.9. The van der Waals surface area contributed by atoms with E-state index in [0.29, 0.717) is 18.0 Å². The van der Waals surface area contributed by atoms with Gasteiger partial charge >= 0.3 is 12.0 Å². The minimum absolute atomic E-state index is 0.303. The molecule has 1 N–H and O–H groups in total. The SMILES string of the molecule is Cc1ccsc1C(=O)O[C@H](C)C(=O)N1CCNC1=O. The lowest BCUT2D eigenvalue weighted by molar-refractivity contribution is -0.136. The third-order valence-electron chi connectivity index (χ3n) is 2.80. The third-order valence-corrected chi connectivity index (χ3v) is 3.80. The van der Waals surface area contributed by atoms with E-state index in [1.54, 1.807) is 12.3 Å². The fourth-order valence-corrected chi connectivity index (χ4v) is 2.55. The number of amides is 3. The fraction of sp³-hybridized carbons (Fsp3) is 0.417. The number of nitrogens with zero attached hydrogens (tertiary/aromatic N) is 1. The predicted octanol–water partition coefficient (Wildman–Crippen LogP) is 1.15. The highest BCUT2D eigenvalue weighted by molar-refractivity contribution is 7.12. The highest BCUT2D eigenvalue weighted by Crippen LogP contribution is 2.17. The molecule has 1 aromatic rings. The van der Waals surface area contributed by atoms with Crippen LogP contribution in [-0.2, 0) is 9.53 Å². The van der Waals surface area contributed by atoms with E-state index in [4.69, 9.17) is 4.74 Å². The molecule has 0 aromatic carbocycles. The minimum Gasteiger partial charge on any atom is -0.448 e. The number of hydrogen-bond donors (Lipinski definition) is 1. The molecule has 0 bridgehead atoms. The van der Waals surface area contributed by atoms with Gasteiger partial charge in [-0.15, -0.1) is 11.3 Å². The van der Waals surface area contributed by atoms with Crippen molar-refractivity contribution in [3.05, 3.63) is 21.9 Å². The maximum atomic E-state index is 11.9. The Hall–Kier alpha value is -1.89. The summed E-state index contributed by atoms with van der Waals surface area (Å²) in [7, 11) is 0. The molecule has 0 radical (unpaired) electrons. The van der Waals surface area contributed by atoms with E-state index in [1.165, 1.54) is 18.3 Å². The largest absolute Gasteiger partial charge is 0.448 e. The highest BCUT2D eigenvalue weighted by atomic mass is 32.1. The van der Waals surface area contributed by atoms with Crippen LogP contribution in [0.4, 0.5) is 4.79 Å². The van der Waals surface area contributed by atoms with Crippen LogP contribution in [0.5, 0.6) is 0 Å². The van der Waals surface area contributed by atoms with E-state index in [1.807, 2.05) is 6.07 Å². The van der Waals surface area contributed by atoms with Crippen molar-refractivity contribution >= 4 is 29.2 Å². The van der Waals surface area contributed by atoms with Gasteiger partial charge in [0.15, 0.2) is 6.10 Å². The molecule has 102 valence electrons. The van der Waals surface area contributed by atoms with Crippen molar-refractivity contribution in [3.8, 4) is 0 Å². The molecule has 1 aromatic heterocycles. The zero-order valence-corrected chi connectivity index (χ0v) is 11.5. The van der Waals surface area contributed by atoms with Crippen molar-refractivity contribution in [1.82, 2.24) is 10.2 Å². The predicted molar refractivity (Wildman–Crippen MR) is 69.0 cm³/mol. The van der Waals surface area contributed by atoms with E-state index >= 15 is 0 Å². The van der Waals surface area contributed by atoms with Gasteiger partial charge < -0.3 is 10.1 Å². The number of nitrogens with one attached hydrogen (secondary N) is 1. The second-order valence-corrected chi connectivity index (χ2v) is 5.12. The van der Waals surface area contributed by atoms with Crippen LogP contribution in [0.2, 0.25) is 0 Å². The van der Waals surface area contributed by atoms with E-state index < -0.39 is 24.0 Å². The molecule has 7 heteroatoms. The molecule has 1 aliphatic rings. The number of ether oxygens (including phenoxy) is 1. The van der Waals surface area contributed by atoms with E-state index in [2.05, 4.69) is 5.32 Å². The number of aryl methyl sites for hydroxylation is 1. The molecular formula is C12H14N2O4S. The van der Waals surface area contributed by atoms with Crippen LogP contribution in [0.3, 0.4) is 0 Å². The quantitative estimate of drug-likeness (QED) is 0.844. The lowest BCUT2D eigenvalue weighted by atomic mass is 10.3. The van der Waals surface area contributed by atoms with Gasteiger partial charge in [0, 0.05) is 13.1 Å². The van der Waals surface area contributed by atoms with Crippen molar-refractivity contribution in [3.63, 3.8) is 0 Å². The summed E-state index contributed by atoms with van der Waals surface area (Å²) in [5.74, 6) is -1.04. The number of esters is 1. The Morgan fingerprint density at radius 1 is 1.53 bits per heavy atom. The van der Waals surface area contributed by atoms with Crippen LogP contribution in [0.25, 0.3) is 0 Å². The topological polar surface area (TPSA) is 75.7 Å². The Morgan fingerprint density at radius 3 is 2.79 bits per heavy atom. The monoisotopic (exact) mass is 282 g/mol. The average molecular weight is 282 g/mol. The van der Waals surface area contributed by atoms with Gasteiger partial charge in [-0.1, -0.05) is 0 Å². The summed E-state index contributed by atoms with van der Waals surface area (Å²) >= 11 is 1.27. The molecule has 0 saturated carbocycles. The van der Waals surface area contributed by atoms with Crippen LogP contribution in [0.15, 0.2) is 11.4 Å². The number of imide groups is 1. The number of urea groups is 1. The van der Waals surface area contributed by atoms with Gasteiger partial charge in [0.25, 0.3) is 5.91 Å². The minimum atomic E-state index is -0.974. The summed E-state index contributed by atoms with van der Waals surface area (Å²) in [5, 5.41) is 4.31. The number of carbonyl (C=O) groups is 3. The molecular weight excluding hydrogens is 268 g/mol. The van der Waals surface area contributed by atoms with Gasteiger partial charge in [-0.25, -0.2) is 9.59 Å². The van der Waals surface area contributed by atoms with Crippen molar-refractivity contribution in [2.24, 2.45) is 0 Å². The summed E-state index contributed by atoms with van der Waals surface area (Å²) in [6.45, 7) is 4.00. The summed E-state index contributed by atoms with van der Waals surface area (Å²) in [6.07, 6.45) is -0.974. The molecule has 0 unspecified atom stereocenters. The Morgan fingerprint density at radius 2 is 2.26 bits per heavy atom. The summed E-state index contributed by atoms with van der Waals surface area (Å²) in [5.41, 5.74) is 0.813. The molecule has 1 aliphatic heterocycles. The molecule has 2 heterocycles. The maximum Gasteiger partial charge on any atom is 0.349 e. The van der Waals surface area contributed by atoms with Crippen molar-refractivity contribution in [1.29, 1.82) is 0 Å². The second-order valence-electron chi connectivity index (χ2n) is 4.20. The van der Waals surface area contributed by atoms with Crippen LogP contribution in [0, 0.1) is 6.92 Å². The molecule has 1 saturated heterocycles. The van der Waals surface area contributed by atoms with E-state index in [0.717, 1.165) is 10.5 Å². The lowest BCUT2D eigenvalue weighted by Gasteiger charge is -2.17. The molecule has 0 spiro atoms. The smallest absolute Gasteiger partial charge is 0.349 e. The standard InChI is InChI=1S/C12H14N2O4S/c1-7-3-6-19-9(7)11(16)18-8(2)10(15)14-5-4-13-12(14)17/h3,6,8H,4-5H2,1-2H3,(H,13,17)/t8-/m1/s1. The van der Waals surface area contributed by atoms with Crippen LogP contribution in [0.1, 0.15) is 22.2 Å². The molecule has 1 atom stereocenters. The Labute approximate surface area is 114 Å². The van der Waals surface area contributed by atoms with Gasteiger partial charge in [-0.05, 0) is 30.9 Å². The number of hydrogen-bond acceptors (Lipinski definition) is 5. The van der Waals surface area contributed by atoms with Crippen LogP contribution < -0.4 is 5.32 Å². The first-order valence-corrected chi connectivity index (χ1v) is 6.73. The number of carbonyl (C=O) groups excluding carboxylic acids is 3. The van der Waals surface area contributed by atoms with Crippen molar-refractivity contribution in [2.45, 2.75) is 20.0 Å². The summed E-state index contributed by atoms with van der Waals surface area (Å²) < 4.78 is 5.10. The zero-order valence-electron chi connectivity index (χ0n) is 10.6. The van der Waals surface area contributed by atoms with Crippen molar-refractivity contribution in [2.75, 3.05) is 13.1 Å². The molecule has 1 fully saturated rings. The Bertz CT molecular complexity index is 526. The zero-order chi connectivity index (χ0) is 14.0. The Balaban J connectivity index is 1.99. The molecule has 2 rings (SSSR count). The first kappa shape index (κ1) is 13.5. The molecule has 19 heavy (non-hydrogen) atoms. The van der Waals surface area contributed by atoms with Crippen LogP contribution >= 0.6 is 11.3 Å². The molecule has 3 amide bonds. The van der Waals surface area contributed by atoms with Gasteiger partial charge in [0.2, 0.25) is 0 Å². The van der Waals surface area contributed by atoms with Gasteiger partial charge in [-0.3, -0.25) is 9.69 Å². The molecule has 0 aliphatic carbocycles. The van der Waals surface area contributed by atoms with Gasteiger partial charge in [-0.2, -0.15) is 0 Å². The fourth-order valence-electron chi connectivity index (χ4n) is 1.75. The lowest BCUT2D eigenvalue weighted by Crippen LogP contribution is -2.41. The van der Waals surface area contributed by atoms with Gasteiger partial charge in [0.1, 0.15) is 4.88 Å². The highest BCUT2D eigenvalue weighted by Gasteiger charge is 2.32. The van der Waals surface area contributed by atoms with E-state index in [9.17, 15) is 14.4 Å². The van der Waals surface area contributed by atoms with Crippen molar-refractivity contribution < 1.29 is 19.1 Å². The molecule has 6 nitrogen and oxygen atoms in total. The normalized spacial score (nSPS) is 16.1. The third kappa shape index (κ3) is 2.76. The summed E-state index contributed by atoms with van der Waals surface area (Å²) in [4.78, 5) is 36.7. The number of thiophene rings is 1. The second kappa shape index (κ2) is 5.40. The van der Waals surface area contributed by atoms with Gasteiger partial charge in [0.05, 0.1) is 0 Å². The first-order valence-electron chi connectivity index (χ1n) is 5.85. The Kier molecular flexibility index (Phi) is 3.84. The number of rotatable bonds is 3. The average Bonchev–Trinajstić information content (AvgIpc) is 2.96.